The highest BCUT2D eigenvalue weighted by Gasteiger charge is 2.42. The fourth-order valence-electron chi connectivity index (χ4n) is 5.54. The van der Waals surface area contributed by atoms with Gasteiger partial charge in [-0.2, -0.15) is 5.10 Å². The van der Waals surface area contributed by atoms with Crippen molar-refractivity contribution in [3.05, 3.63) is 70.4 Å². The van der Waals surface area contributed by atoms with E-state index in [1.54, 1.807) is 22.9 Å². The molecule has 2 fully saturated rings. The first kappa shape index (κ1) is 24.1. The average molecular weight is 492 g/mol. The topological polar surface area (TPSA) is 110 Å². The van der Waals surface area contributed by atoms with E-state index in [2.05, 4.69) is 20.2 Å². The van der Waals surface area contributed by atoms with Crippen LogP contribution in [0.2, 0.25) is 0 Å². The summed E-state index contributed by atoms with van der Waals surface area (Å²) in [4.78, 5) is 29.2. The van der Waals surface area contributed by atoms with Crippen LogP contribution in [0.3, 0.4) is 0 Å². The first-order valence-corrected chi connectivity index (χ1v) is 12.3. The zero-order chi connectivity index (χ0) is 25.4. The Kier molecular flexibility index (Phi) is 6.53. The Bertz CT molecular complexity index is 1280. The molecule has 2 aliphatic rings. The number of nitrogens with two attached hydrogens (primary N) is 1. The summed E-state index contributed by atoms with van der Waals surface area (Å²) in [5, 5.41) is 12.4. The van der Waals surface area contributed by atoms with Crippen LogP contribution in [0.15, 0.2) is 36.4 Å². The number of carbonyl (C=O) groups is 2. The molecule has 0 aliphatic carbocycles. The first-order chi connectivity index (χ1) is 17.3. The van der Waals surface area contributed by atoms with Crippen LogP contribution in [-0.4, -0.2) is 74.3 Å². The Morgan fingerprint density at radius 3 is 2.44 bits per heavy atom. The molecule has 0 radical (unpaired) electrons. The lowest BCUT2D eigenvalue weighted by molar-refractivity contribution is 0.0772. The molecule has 188 valence electrons. The lowest BCUT2D eigenvalue weighted by Gasteiger charge is -2.22. The SMILES string of the molecule is Cc1nn(-c2ccc(C(N)=O)nn2)c(C)c1C(=O)N1CC2CN(CCCc3cccc(F)c3)C[C@H]2C1. The molecule has 0 saturated carbocycles. The van der Waals surface area contributed by atoms with E-state index in [0.717, 1.165) is 51.1 Å². The molecule has 2 saturated heterocycles. The summed E-state index contributed by atoms with van der Waals surface area (Å²) < 4.78 is 15.0. The maximum absolute atomic E-state index is 13.5. The minimum atomic E-state index is -0.650. The van der Waals surface area contributed by atoms with Gasteiger partial charge in [0.25, 0.3) is 11.8 Å². The molecule has 2 atom stereocenters. The van der Waals surface area contributed by atoms with Crippen molar-refractivity contribution in [3.63, 3.8) is 0 Å². The quantitative estimate of drug-likeness (QED) is 0.542. The molecule has 2 amide bonds. The summed E-state index contributed by atoms with van der Waals surface area (Å²) in [6, 6.07) is 9.93. The molecule has 0 spiro atoms. The minimum Gasteiger partial charge on any atom is -0.364 e. The minimum absolute atomic E-state index is 0.00924. The molecule has 2 aliphatic heterocycles. The Labute approximate surface area is 209 Å². The van der Waals surface area contributed by atoms with Crippen LogP contribution in [0.25, 0.3) is 5.82 Å². The number of fused-ring (bicyclic) bond motifs is 1. The molecule has 2 aromatic heterocycles. The number of likely N-dealkylation sites (tertiary alicyclic amines) is 2. The third-order valence-corrected chi connectivity index (χ3v) is 7.30. The van der Waals surface area contributed by atoms with Gasteiger partial charge in [-0.3, -0.25) is 9.59 Å². The van der Waals surface area contributed by atoms with E-state index >= 15 is 0 Å². The van der Waals surface area contributed by atoms with Crippen LogP contribution >= 0.6 is 0 Å². The molecular formula is C26H30FN7O2. The summed E-state index contributed by atoms with van der Waals surface area (Å²) in [5.41, 5.74) is 8.26. The highest BCUT2D eigenvalue weighted by molar-refractivity contribution is 5.96. The van der Waals surface area contributed by atoms with Gasteiger partial charge in [0.2, 0.25) is 0 Å². The number of hydrogen-bond donors (Lipinski definition) is 1. The van der Waals surface area contributed by atoms with E-state index in [9.17, 15) is 14.0 Å². The fraction of sp³-hybridized carbons (Fsp3) is 0.423. The third kappa shape index (κ3) is 4.73. The number of primary amides is 1. The largest absolute Gasteiger partial charge is 0.364 e. The zero-order valence-corrected chi connectivity index (χ0v) is 20.5. The molecule has 5 rings (SSSR count). The monoisotopic (exact) mass is 491 g/mol. The molecule has 3 aromatic rings. The standard InChI is InChI=1S/C26H30FN7O2/c1-16-24(17(2)34(31-16)23-9-8-22(25(28)35)29-30-23)26(36)33-14-19-12-32(13-20(19)15-33)10-4-6-18-5-3-7-21(27)11-18/h3,5,7-9,11,19-20H,4,6,10,12-15H2,1-2H3,(H2,28,35)/t19-,20?/m0/s1. The number of aryl methyl sites for hydroxylation is 2. The number of carbonyl (C=O) groups excluding carboxylic acids is 2. The molecule has 9 nitrogen and oxygen atoms in total. The highest BCUT2D eigenvalue weighted by Crippen LogP contribution is 2.33. The van der Waals surface area contributed by atoms with Crippen molar-refractivity contribution in [3.8, 4) is 5.82 Å². The smallest absolute Gasteiger partial charge is 0.269 e. The van der Waals surface area contributed by atoms with Crippen molar-refractivity contribution in [2.45, 2.75) is 26.7 Å². The van der Waals surface area contributed by atoms with Gasteiger partial charge in [-0.05, 0) is 74.9 Å². The summed E-state index contributed by atoms with van der Waals surface area (Å²) in [6.07, 6.45) is 1.86. The molecule has 36 heavy (non-hydrogen) atoms. The highest BCUT2D eigenvalue weighted by atomic mass is 19.1. The number of rotatable bonds is 7. The van der Waals surface area contributed by atoms with Crippen LogP contribution in [0.4, 0.5) is 4.39 Å². The Hall–Kier alpha value is -3.66. The second-order valence-corrected chi connectivity index (χ2v) is 9.82. The Morgan fingerprint density at radius 2 is 1.81 bits per heavy atom. The van der Waals surface area contributed by atoms with Crippen molar-refractivity contribution in [2.24, 2.45) is 17.6 Å². The molecule has 2 N–H and O–H groups in total. The van der Waals surface area contributed by atoms with E-state index in [-0.39, 0.29) is 17.4 Å². The third-order valence-electron chi connectivity index (χ3n) is 7.30. The molecule has 10 heteroatoms. The van der Waals surface area contributed by atoms with E-state index in [0.29, 0.717) is 34.6 Å². The van der Waals surface area contributed by atoms with Gasteiger partial charge in [0.15, 0.2) is 11.5 Å². The van der Waals surface area contributed by atoms with Crippen molar-refractivity contribution >= 4 is 11.8 Å². The second-order valence-electron chi connectivity index (χ2n) is 9.82. The average Bonchev–Trinajstić information content (AvgIpc) is 3.50. The molecule has 1 aromatic carbocycles. The molecular weight excluding hydrogens is 461 g/mol. The van der Waals surface area contributed by atoms with Gasteiger partial charge < -0.3 is 15.5 Å². The second kappa shape index (κ2) is 9.77. The lowest BCUT2D eigenvalue weighted by Crippen LogP contribution is -2.34. The van der Waals surface area contributed by atoms with Gasteiger partial charge in [0, 0.05) is 26.2 Å². The number of halogens is 1. The van der Waals surface area contributed by atoms with Crippen LogP contribution in [0.1, 0.15) is 44.2 Å². The van der Waals surface area contributed by atoms with E-state index in [1.807, 2.05) is 24.8 Å². The predicted molar refractivity (Wildman–Crippen MR) is 131 cm³/mol. The molecule has 4 heterocycles. The van der Waals surface area contributed by atoms with Gasteiger partial charge >= 0.3 is 0 Å². The van der Waals surface area contributed by atoms with E-state index in [1.165, 1.54) is 12.1 Å². The number of nitrogens with zero attached hydrogens (tertiary/aromatic N) is 6. The van der Waals surface area contributed by atoms with Gasteiger partial charge in [-0.15, -0.1) is 10.2 Å². The van der Waals surface area contributed by atoms with Gasteiger partial charge in [0.1, 0.15) is 5.82 Å². The number of aromatic nitrogens is 4. The molecule has 1 unspecified atom stereocenters. The van der Waals surface area contributed by atoms with Crippen molar-refractivity contribution in [1.82, 2.24) is 29.8 Å². The number of amides is 2. The summed E-state index contributed by atoms with van der Waals surface area (Å²) in [6.45, 7) is 8.08. The number of hydrogen-bond acceptors (Lipinski definition) is 6. The first-order valence-electron chi connectivity index (χ1n) is 12.3. The Morgan fingerprint density at radius 1 is 1.06 bits per heavy atom. The normalized spacial score (nSPS) is 19.6. The predicted octanol–water partition coefficient (Wildman–Crippen LogP) is 2.15. The van der Waals surface area contributed by atoms with E-state index in [4.69, 9.17) is 5.73 Å². The maximum Gasteiger partial charge on any atom is 0.269 e. The van der Waals surface area contributed by atoms with Gasteiger partial charge in [-0.25, -0.2) is 9.07 Å². The van der Waals surface area contributed by atoms with Crippen molar-refractivity contribution in [1.29, 1.82) is 0 Å². The summed E-state index contributed by atoms with van der Waals surface area (Å²) in [7, 11) is 0. The van der Waals surface area contributed by atoms with Crippen LogP contribution in [-0.2, 0) is 6.42 Å². The maximum atomic E-state index is 13.5. The van der Waals surface area contributed by atoms with Crippen LogP contribution in [0.5, 0.6) is 0 Å². The van der Waals surface area contributed by atoms with Crippen LogP contribution in [0, 0.1) is 31.5 Å². The van der Waals surface area contributed by atoms with Gasteiger partial charge in [-0.1, -0.05) is 12.1 Å². The lowest BCUT2D eigenvalue weighted by atomic mass is 10.0. The van der Waals surface area contributed by atoms with Crippen LogP contribution < -0.4 is 5.73 Å². The van der Waals surface area contributed by atoms with Crippen molar-refractivity contribution < 1.29 is 14.0 Å². The zero-order valence-electron chi connectivity index (χ0n) is 20.5. The van der Waals surface area contributed by atoms with Gasteiger partial charge in [0.05, 0.1) is 17.0 Å². The van der Waals surface area contributed by atoms with E-state index < -0.39 is 5.91 Å². The summed E-state index contributed by atoms with van der Waals surface area (Å²) in [5.74, 6) is 0.509. The van der Waals surface area contributed by atoms with Crippen molar-refractivity contribution in [2.75, 3.05) is 32.7 Å². The Balaban J connectivity index is 1.19. The number of benzene rings is 1. The fourth-order valence-corrected chi connectivity index (χ4v) is 5.54. The molecule has 0 bridgehead atoms. The summed E-state index contributed by atoms with van der Waals surface area (Å²) >= 11 is 0.